The number of hydrogen-bond acceptors (Lipinski definition) is 5. The molecule has 0 aliphatic carbocycles. The summed E-state index contributed by atoms with van der Waals surface area (Å²) < 4.78 is 5.79. The highest BCUT2D eigenvalue weighted by molar-refractivity contribution is 6.14. The first kappa shape index (κ1) is 18.7. The molecule has 2 rings (SSSR count). The molecule has 1 aromatic carbocycles. The minimum atomic E-state index is -1.78. The summed E-state index contributed by atoms with van der Waals surface area (Å²) in [5.74, 6) is -6.38. The fraction of sp³-hybridized carbons (Fsp3) is 0.176. The van der Waals surface area contributed by atoms with Crippen molar-refractivity contribution in [2.75, 3.05) is 0 Å². The van der Waals surface area contributed by atoms with Gasteiger partial charge in [-0.1, -0.05) is 18.2 Å². The van der Waals surface area contributed by atoms with E-state index in [9.17, 15) is 34.5 Å². The van der Waals surface area contributed by atoms with Gasteiger partial charge in [-0.05, 0) is 26.0 Å². The van der Waals surface area contributed by atoms with Crippen LogP contribution in [0, 0.1) is 0 Å². The van der Waals surface area contributed by atoms with Crippen LogP contribution in [0.4, 0.5) is 0 Å². The Morgan fingerprint density at radius 3 is 1.77 bits per heavy atom. The molecule has 1 heterocycles. The molecule has 0 bridgehead atoms. The summed E-state index contributed by atoms with van der Waals surface area (Å²) in [5.41, 5.74) is -3.35. The third-order valence-corrected chi connectivity index (χ3v) is 3.35. The van der Waals surface area contributed by atoms with Crippen molar-refractivity contribution in [3.63, 3.8) is 0 Å². The maximum Gasteiger partial charge on any atom is 0.356 e. The van der Waals surface area contributed by atoms with E-state index in [1.165, 1.54) is 38.1 Å². The van der Waals surface area contributed by atoms with Gasteiger partial charge in [0.05, 0.1) is 6.10 Å². The van der Waals surface area contributed by atoms with Crippen LogP contribution in [0.5, 0.6) is 0 Å². The molecule has 0 amide bonds. The van der Waals surface area contributed by atoms with Crippen LogP contribution < -0.4 is 0 Å². The van der Waals surface area contributed by atoms with E-state index in [1.807, 2.05) is 0 Å². The number of hydrogen-bond donors (Lipinski definition) is 3. The fourth-order valence-corrected chi connectivity index (χ4v) is 2.49. The number of aromatic carboxylic acids is 3. The van der Waals surface area contributed by atoms with E-state index in [0.29, 0.717) is 0 Å². The van der Waals surface area contributed by atoms with Crippen molar-refractivity contribution >= 4 is 23.9 Å². The minimum absolute atomic E-state index is 0.107. The summed E-state index contributed by atoms with van der Waals surface area (Å²) in [4.78, 5) is 47.5. The van der Waals surface area contributed by atoms with Gasteiger partial charge in [0.2, 0.25) is 0 Å². The van der Waals surface area contributed by atoms with E-state index >= 15 is 0 Å². The molecule has 26 heavy (non-hydrogen) atoms. The molecule has 0 spiro atoms. The largest absolute Gasteiger partial charge is 0.478 e. The molecule has 0 aliphatic rings. The third-order valence-electron chi connectivity index (χ3n) is 3.35. The number of aromatic nitrogens is 1. The lowest BCUT2D eigenvalue weighted by molar-refractivity contribution is 0.0361. The molecule has 0 saturated carbocycles. The van der Waals surface area contributed by atoms with Gasteiger partial charge >= 0.3 is 23.9 Å². The first-order valence-electron chi connectivity index (χ1n) is 7.41. The number of nitrogens with zero attached hydrogens (tertiary/aromatic N) is 1. The predicted octanol–water partition coefficient (Wildman–Crippen LogP) is 2.14. The van der Waals surface area contributed by atoms with E-state index < -0.39 is 52.5 Å². The van der Waals surface area contributed by atoms with Crippen LogP contribution in [-0.2, 0) is 4.74 Å². The zero-order chi connectivity index (χ0) is 19.6. The highest BCUT2D eigenvalue weighted by atomic mass is 16.5. The van der Waals surface area contributed by atoms with Crippen LogP contribution in [0.3, 0.4) is 0 Å². The summed E-state index contributed by atoms with van der Waals surface area (Å²) in [5, 5.41) is 28.4. The molecule has 0 saturated heterocycles. The first-order valence-corrected chi connectivity index (χ1v) is 7.41. The molecular formula is C17H15NO8. The Morgan fingerprint density at radius 2 is 1.35 bits per heavy atom. The standard InChI is InChI=1S/C17H15NO8/c1-8(2)26-17(25)13-11(15(21)22)10(14(19)20)12(16(23)24)18(13)9-6-4-3-5-7-9/h3-8H,1-2H3,(H,19,20)(H,21,22)(H,23,24). The number of carbonyl (C=O) groups is 4. The lowest BCUT2D eigenvalue weighted by atomic mass is 10.1. The second kappa shape index (κ2) is 7.09. The number of benzene rings is 1. The molecule has 9 heteroatoms. The van der Waals surface area contributed by atoms with E-state index in [4.69, 9.17) is 4.74 Å². The van der Waals surface area contributed by atoms with Crippen molar-refractivity contribution in [3.05, 3.63) is 52.8 Å². The molecule has 0 atom stereocenters. The number of rotatable bonds is 6. The molecule has 0 radical (unpaired) electrons. The molecule has 136 valence electrons. The van der Waals surface area contributed by atoms with Gasteiger partial charge < -0.3 is 20.1 Å². The molecular weight excluding hydrogens is 346 g/mol. The Bertz CT molecular complexity index is 895. The Morgan fingerprint density at radius 1 is 0.846 bits per heavy atom. The van der Waals surface area contributed by atoms with Gasteiger partial charge in [-0.3, -0.25) is 4.57 Å². The van der Waals surface area contributed by atoms with Crippen molar-refractivity contribution in [2.45, 2.75) is 20.0 Å². The third kappa shape index (κ3) is 3.27. The summed E-state index contributed by atoms with van der Waals surface area (Å²) in [7, 11) is 0. The summed E-state index contributed by atoms with van der Waals surface area (Å²) in [6, 6.07) is 7.50. The molecule has 0 aliphatic heterocycles. The van der Waals surface area contributed by atoms with Gasteiger partial charge in [0.25, 0.3) is 0 Å². The van der Waals surface area contributed by atoms with E-state index in [0.717, 1.165) is 4.57 Å². The number of para-hydroxylation sites is 1. The first-order chi connectivity index (χ1) is 12.2. The monoisotopic (exact) mass is 361 g/mol. The lowest BCUT2D eigenvalue weighted by Gasteiger charge is -2.13. The number of carboxylic acids is 3. The van der Waals surface area contributed by atoms with Crippen molar-refractivity contribution in [2.24, 2.45) is 0 Å². The normalized spacial score (nSPS) is 10.6. The quantitative estimate of drug-likeness (QED) is 0.664. The average molecular weight is 361 g/mol. The lowest BCUT2D eigenvalue weighted by Crippen LogP contribution is -2.20. The van der Waals surface area contributed by atoms with Crippen LogP contribution in [0.1, 0.15) is 55.5 Å². The number of esters is 1. The average Bonchev–Trinajstić information content (AvgIpc) is 2.91. The van der Waals surface area contributed by atoms with Gasteiger partial charge in [0, 0.05) is 5.69 Å². The van der Waals surface area contributed by atoms with Crippen LogP contribution in [0.15, 0.2) is 30.3 Å². The molecule has 0 unspecified atom stereocenters. The van der Waals surface area contributed by atoms with Gasteiger partial charge in [-0.15, -0.1) is 0 Å². The van der Waals surface area contributed by atoms with Crippen LogP contribution in [-0.4, -0.2) is 49.9 Å². The fourth-order valence-electron chi connectivity index (χ4n) is 2.49. The van der Waals surface area contributed by atoms with Gasteiger partial charge in [-0.25, -0.2) is 19.2 Å². The number of carbonyl (C=O) groups excluding carboxylic acids is 1. The SMILES string of the molecule is CC(C)OC(=O)c1c(C(=O)O)c(C(=O)O)c(C(=O)O)n1-c1ccccc1. The smallest absolute Gasteiger partial charge is 0.356 e. The summed E-state index contributed by atoms with van der Waals surface area (Å²) in [6.07, 6.45) is -0.634. The predicted molar refractivity (Wildman–Crippen MR) is 87.2 cm³/mol. The Balaban J connectivity index is 3.01. The topological polar surface area (TPSA) is 143 Å². The maximum atomic E-state index is 12.5. The van der Waals surface area contributed by atoms with Crippen molar-refractivity contribution < 1.29 is 39.2 Å². The second-order valence-corrected chi connectivity index (χ2v) is 5.49. The van der Waals surface area contributed by atoms with Crippen molar-refractivity contribution in [3.8, 4) is 5.69 Å². The molecule has 1 aromatic heterocycles. The molecule has 9 nitrogen and oxygen atoms in total. The summed E-state index contributed by atoms with van der Waals surface area (Å²) in [6.45, 7) is 3.04. The minimum Gasteiger partial charge on any atom is -0.478 e. The Kier molecular flexibility index (Phi) is 5.11. The number of carboxylic acid groups (broad SMARTS) is 3. The highest BCUT2D eigenvalue weighted by Crippen LogP contribution is 2.29. The van der Waals surface area contributed by atoms with Crippen molar-refractivity contribution in [1.82, 2.24) is 4.57 Å². The maximum absolute atomic E-state index is 12.5. The second-order valence-electron chi connectivity index (χ2n) is 5.49. The van der Waals surface area contributed by atoms with E-state index in [2.05, 4.69) is 0 Å². The van der Waals surface area contributed by atoms with Crippen LogP contribution in [0.25, 0.3) is 5.69 Å². The van der Waals surface area contributed by atoms with Gasteiger partial charge in [0.15, 0.2) is 0 Å². The zero-order valence-electron chi connectivity index (χ0n) is 13.8. The summed E-state index contributed by atoms with van der Waals surface area (Å²) >= 11 is 0. The Labute approximate surface area is 147 Å². The zero-order valence-corrected chi connectivity index (χ0v) is 13.8. The van der Waals surface area contributed by atoms with Gasteiger partial charge in [-0.2, -0.15) is 0 Å². The van der Waals surface area contributed by atoms with E-state index in [1.54, 1.807) is 6.07 Å². The molecule has 2 aromatic rings. The molecule has 0 fully saturated rings. The Hall–Kier alpha value is -3.62. The van der Waals surface area contributed by atoms with Crippen molar-refractivity contribution in [1.29, 1.82) is 0 Å². The van der Waals surface area contributed by atoms with Crippen LogP contribution in [0.2, 0.25) is 0 Å². The highest BCUT2D eigenvalue weighted by Gasteiger charge is 2.38. The van der Waals surface area contributed by atoms with Crippen LogP contribution >= 0.6 is 0 Å². The number of ether oxygens (including phenoxy) is 1. The molecule has 3 N–H and O–H groups in total. The van der Waals surface area contributed by atoms with Gasteiger partial charge in [0.1, 0.15) is 22.5 Å². The van der Waals surface area contributed by atoms with E-state index in [-0.39, 0.29) is 5.69 Å².